The smallest absolute Gasteiger partial charge is 0.124 e. The van der Waals surface area contributed by atoms with Crippen LogP contribution >= 0.6 is 0 Å². The molecule has 2 aromatic heterocycles. The maximum atomic E-state index is 6.60. The fourth-order valence-corrected chi connectivity index (χ4v) is 5.54. The van der Waals surface area contributed by atoms with Gasteiger partial charge in [-0.3, -0.25) is 0 Å². The first-order valence-electron chi connectivity index (χ1n) is 10.1. The van der Waals surface area contributed by atoms with E-state index in [1.165, 1.54) is 54.9 Å². The summed E-state index contributed by atoms with van der Waals surface area (Å²) in [5.74, 6) is 0.965. The number of nitrogens with zero attached hydrogens (tertiary/aromatic N) is 1. The molecule has 0 atom stereocenters. The predicted octanol–water partition coefficient (Wildman–Crippen LogP) is 6.67. The van der Waals surface area contributed by atoms with Crippen LogP contribution < -0.4 is 0 Å². The summed E-state index contributed by atoms with van der Waals surface area (Å²) in [4.78, 5) is 4.53. The van der Waals surface area contributed by atoms with Gasteiger partial charge in [-0.25, -0.2) is 0 Å². The van der Waals surface area contributed by atoms with Crippen LogP contribution in [0, 0.1) is 12.0 Å². The van der Waals surface area contributed by atoms with Crippen molar-refractivity contribution in [2.45, 2.75) is 43.9 Å². The molecule has 3 heteroatoms. The first-order chi connectivity index (χ1) is 13.3. The maximum absolute atomic E-state index is 6.60. The summed E-state index contributed by atoms with van der Waals surface area (Å²) in [5.41, 5.74) is 5.63. The summed E-state index contributed by atoms with van der Waals surface area (Å²) < 4.78 is 6.60. The van der Waals surface area contributed by atoms with Crippen LogP contribution in [0.3, 0.4) is 0 Å². The monoisotopic (exact) mass is 545 g/mol. The second-order valence-electron chi connectivity index (χ2n) is 8.36. The van der Waals surface area contributed by atoms with E-state index in [-0.39, 0.29) is 20.1 Å². The third-order valence-electron chi connectivity index (χ3n) is 7.04. The quantitative estimate of drug-likeness (QED) is 0.264. The number of fused-ring (bicyclic) bond motifs is 6. The molecule has 0 aliphatic heterocycles. The zero-order chi connectivity index (χ0) is 17.8. The van der Waals surface area contributed by atoms with Gasteiger partial charge in [0.05, 0.1) is 5.58 Å². The van der Waals surface area contributed by atoms with Crippen molar-refractivity contribution in [3.8, 4) is 11.3 Å². The van der Waals surface area contributed by atoms with Crippen molar-refractivity contribution in [2.24, 2.45) is 5.92 Å². The average Bonchev–Trinajstić information content (AvgIpc) is 3.14. The van der Waals surface area contributed by atoms with Gasteiger partial charge in [-0.2, -0.15) is 0 Å². The molecule has 4 aromatic rings. The van der Waals surface area contributed by atoms with Gasteiger partial charge < -0.3 is 9.40 Å². The Hall–Kier alpha value is -1.96. The van der Waals surface area contributed by atoms with Gasteiger partial charge in [0.25, 0.3) is 0 Å². The van der Waals surface area contributed by atoms with Crippen molar-refractivity contribution < 1.29 is 24.5 Å². The molecule has 0 unspecified atom stereocenters. The van der Waals surface area contributed by atoms with Gasteiger partial charge in [0, 0.05) is 37.3 Å². The molecule has 2 nitrogen and oxygen atoms in total. The van der Waals surface area contributed by atoms with Crippen molar-refractivity contribution in [3.63, 3.8) is 0 Å². The van der Waals surface area contributed by atoms with Crippen LogP contribution in [-0.4, -0.2) is 4.98 Å². The summed E-state index contributed by atoms with van der Waals surface area (Å²) >= 11 is 0. The Kier molecular flexibility index (Phi) is 4.41. The second kappa shape index (κ2) is 6.83. The van der Waals surface area contributed by atoms with Crippen LogP contribution in [0.1, 0.15) is 44.1 Å². The molecule has 0 spiro atoms. The Morgan fingerprint density at radius 2 is 1.68 bits per heavy atom. The zero-order valence-corrected chi connectivity index (χ0v) is 18.1. The third-order valence-corrected chi connectivity index (χ3v) is 7.04. The summed E-state index contributed by atoms with van der Waals surface area (Å²) in [6.45, 7) is 0. The van der Waals surface area contributed by atoms with Crippen LogP contribution in [0.4, 0.5) is 0 Å². The first kappa shape index (κ1) is 18.1. The molecule has 143 valence electrons. The number of pyridine rings is 1. The van der Waals surface area contributed by atoms with Gasteiger partial charge in [-0.15, -0.1) is 18.2 Å². The summed E-state index contributed by atoms with van der Waals surface area (Å²) in [5, 5.41) is 2.41. The standard InChI is InChI=1S/C25H22NO.Ir/c1-2-16-26-22(9-1)20-7-3-5-18-19-6-4-8-21(24(19)27-23(18)20)25-13-10-17(11-14-25)12-15-25;/h1-6,8-9,16-17H,10-15H2;/q-1;. The largest absolute Gasteiger partial charge is 0.500 e. The van der Waals surface area contributed by atoms with E-state index in [0.717, 1.165) is 28.3 Å². The van der Waals surface area contributed by atoms with Crippen molar-refractivity contribution in [2.75, 3.05) is 0 Å². The molecule has 0 saturated heterocycles. The summed E-state index contributed by atoms with van der Waals surface area (Å²) in [6, 6.07) is 20.2. The minimum atomic E-state index is 0. The number of benzene rings is 2. The molecule has 2 bridgehead atoms. The van der Waals surface area contributed by atoms with Gasteiger partial charge in [0.1, 0.15) is 5.58 Å². The van der Waals surface area contributed by atoms with Crippen LogP contribution in [0.2, 0.25) is 0 Å². The second-order valence-corrected chi connectivity index (χ2v) is 8.36. The molecule has 0 N–H and O–H groups in total. The SMILES string of the molecule is [Ir].[c-]1ccc2c(oc3c(C45CCC(CC4)CC5)cccc32)c1-c1ccccn1. The van der Waals surface area contributed by atoms with Crippen LogP contribution in [-0.2, 0) is 25.5 Å². The van der Waals surface area contributed by atoms with Crippen molar-refractivity contribution in [1.82, 2.24) is 4.98 Å². The van der Waals surface area contributed by atoms with E-state index in [1.807, 2.05) is 30.5 Å². The minimum absolute atomic E-state index is 0. The molecule has 3 saturated carbocycles. The normalized spacial score (nSPS) is 23.8. The van der Waals surface area contributed by atoms with E-state index in [0.29, 0.717) is 5.41 Å². The van der Waals surface area contributed by atoms with E-state index in [2.05, 4.69) is 35.3 Å². The molecule has 0 amide bonds. The topological polar surface area (TPSA) is 26.0 Å². The summed E-state index contributed by atoms with van der Waals surface area (Å²) in [7, 11) is 0. The Balaban J connectivity index is 0.00000171. The molecular formula is C25H22IrNO-. The van der Waals surface area contributed by atoms with Crippen LogP contribution in [0.25, 0.3) is 33.2 Å². The van der Waals surface area contributed by atoms with Crippen molar-refractivity contribution in [1.29, 1.82) is 0 Å². The van der Waals surface area contributed by atoms with Crippen LogP contribution in [0.5, 0.6) is 0 Å². The fourth-order valence-electron chi connectivity index (χ4n) is 5.54. The van der Waals surface area contributed by atoms with Crippen molar-refractivity contribution >= 4 is 21.9 Å². The zero-order valence-electron chi connectivity index (χ0n) is 15.7. The number of rotatable bonds is 2. The van der Waals surface area contributed by atoms with E-state index in [9.17, 15) is 0 Å². The van der Waals surface area contributed by atoms with Gasteiger partial charge in [-0.1, -0.05) is 41.3 Å². The first-order valence-corrected chi connectivity index (χ1v) is 10.1. The number of hydrogen-bond donors (Lipinski definition) is 0. The van der Waals surface area contributed by atoms with Gasteiger partial charge in [-0.05, 0) is 61.6 Å². The molecule has 3 fully saturated rings. The average molecular weight is 545 g/mol. The molecule has 28 heavy (non-hydrogen) atoms. The molecule has 1 radical (unpaired) electrons. The molecular weight excluding hydrogens is 522 g/mol. The van der Waals surface area contributed by atoms with E-state index < -0.39 is 0 Å². The molecule has 2 heterocycles. The van der Waals surface area contributed by atoms with E-state index in [1.54, 1.807) is 0 Å². The third kappa shape index (κ3) is 2.60. The van der Waals surface area contributed by atoms with Gasteiger partial charge >= 0.3 is 0 Å². The maximum Gasteiger partial charge on any atom is 0.124 e. The summed E-state index contributed by atoms with van der Waals surface area (Å²) in [6.07, 6.45) is 9.90. The Labute approximate surface area is 178 Å². The Bertz CT molecular complexity index is 1130. The van der Waals surface area contributed by atoms with Crippen LogP contribution in [0.15, 0.2) is 59.1 Å². The van der Waals surface area contributed by atoms with Gasteiger partial charge in [0.15, 0.2) is 0 Å². The number of furan rings is 1. The molecule has 7 rings (SSSR count). The number of para-hydroxylation sites is 1. The Morgan fingerprint density at radius 3 is 2.43 bits per heavy atom. The van der Waals surface area contributed by atoms with E-state index in [4.69, 9.17) is 4.42 Å². The Morgan fingerprint density at radius 1 is 0.893 bits per heavy atom. The molecule has 2 aromatic carbocycles. The minimum Gasteiger partial charge on any atom is -0.500 e. The number of hydrogen-bond acceptors (Lipinski definition) is 2. The predicted molar refractivity (Wildman–Crippen MR) is 109 cm³/mol. The molecule has 3 aliphatic carbocycles. The van der Waals surface area contributed by atoms with Crippen molar-refractivity contribution in [3.05, 3.63) is 66.4 Å². The number of aromatic nitrogens is 1. The fraction of sp³-hybridized carbons (Fsp3) is 0.320. The van der Waals surface area contributed by atoms with Gasteiger partial charge in [0.2, 0.25) is 0 Å². The van der Waals surface area contributed by atoms with E-state index >= 15 is 0 Å². The molecule has 3 aliphatic rings.